The van der Waals surface area contributed by atoms with Crippen LogP contribution >= 0.6 is 23.4 Å². The van der Waals surface area contributed by atoms with Crippen molar-refractivity contribution in [3.05, 3.63) is 66.0 Å². The standard InChI is InChI=1S/C20H18ClFN4O2S/c1-3-10-26-19(13-4-6-14(22)7-5-13)24-25-20(26)29-12-18(27)23-17-11-15(28-2)8-9-16(17)21/h3-9,11H,1,10,12H2,2H3,(H,23,27). The highest BCUT2D eigenvalue weighted by Crippen LogP contribution is 2.28. The van der Waals surface area contributed by atoms with Gasteiger partial charge < -0.3 is 10.1 Å². The van der Waals surface area contributed by atoms with Gasteiger partial charge >= 0.3 is 0 Å². The maximum Gasteiger partial charge on any atom is 0.234 e. The van der Waals surface area contributed by atoms with Crippen molar-refractivity contribution < 1.29 is 13.9 Å². The third-order valence-electron chi connectivity index (χ3n) is 3.91. The molecule has 150 valence electrons. The van der Waals surface area contributed by atoms with Gasteiger partial charge in [0.1, 0.15) is 11.6 Å². The molecule has 0 aliphatic carbocycles. The molecule has 0 saturated heterocycles. The third kappa shape index (κ3) is 5.16. The zero-order valence-corrected chi connectivity index (χ0v) is 17.1. The zero-order valence-electron chi connectivity index (χ0n) is 15.6. The number of hydrogen-bond donors (Lipinski definition) is 1. The maximum absolute atomic E-state index is 13.2. The van der Waals surface area contributed by atoms with Crippen LogP contribution < -0.4 is 10.1 Å². The minimum absolute atomic E-state index is 0.103. The van der Waals surface area contributed by atoms with E-state index in [1.165, 1.54) is 31.0 Å². The van der Waals surface area contributed by atoms with Crippen LogP contribution in [-0.2, 0) is 11.3 Å². The lowest BCUT2D eigenvalue weighted by Crippen LogP contribution is -2.15. The lowest BCUT2D eigenvalue weighted by Gasteiger charge is -2.10. The molecule has 0 atom stereocenters. The second kappa shape index (κ2) is 9.58. The molecule has 1 amide bonds. The average Bonchev–Trinajstić information content (AvgIpc) is 3.11. The number of carbonyl (C=O) groups excluding carboxylic acids is 1. The number of nitrogens with one attached hydrogen (secondary N) is 1. The number of aromatic nitrogens is 3. The molecule has 0 aliphatic rings. The molecule has 9 heteroatoms. The molecule has 0 bridgehead atoms. The van der Waals surface area contributed by atoms with E-state index in [1.54, 1.807) is 36.4 Å². The molecule has 1 N–H and O–H groups in total. The molecule has 0 unspecified atom stereocenters. The number of halogens is 2. The molecule has 1 aromatic heterocycles. The number of thioether (sulfide) groups is 1. The van der Waals surface area contributed by atoms with E-state index in [2.05, 4.69) is 22.1 Å². The molecule has 1 heterocycles. The Balaban J connectivity index is 1.72. The van der Waals surface area contributed by atoms with E-state index in [4.69, 9.17) is 16.3 Å². The SMILES string of the molecule is C=CCn1c(SCC(=O)Nc2cc(OC)ccc2Cl)nnc1-c1ccc(F)cc1. The van der Waals surface area contributed by atoms with Crippen LogP contribution in [0.15, 0.2) is 60.3 Å². The molecule has 0 fully saturated rings. The summed E-state index contributed by atoms with van der Waals surface area (Å²) in [5, 5.41) is 12.1. The van der Waals surface area contributed by atoms with Crippen LogP contribution in [0.4, 0.5) is 10.1 Å². The summed E-state index contributed by atoms with van der Waals surface area (Å²) in [7, 11) is 1.54. The van der Waals surface area contributed by atoms with Crippen molar-refractivity contribution in [2.75, 3.05) is 18.2 Å². The molecule has 0 aliphatic heterocycles. The number of hydrogen-bond acceptors (Lipinski definition) is 5. The lowest BCUT2D eigenvalue weighted by molar-refractivity contribution is -0.113. The van der Waals surface area contributed by atoms with Gasteiger partial charge in [-0.1, -0.05) is 29.4 Å². The Morgan fingerprint density at radius 2 is 2.07 bits per heavy atom. The molecule has 3 aromatic rings. The largest absolute Gasteiger partial charge is 0.497 e. The summed E-state index contributed by atoms with van der Waals surface area (Å²) in [6.45, 7) is 4.20. The van der Waals surface area contributed by atoms with Crippen LogP contribution in [0, 0.1) is 5.82 Å². The van der Waals surface area contributed by atoms with Gasteiger partial charge in [0.2, 0.25) is 5.91 Å². The van der Waals surface area contributed by atoms with Crippen LogP contribution in [-0.4, -0.2) is 33.5 Å². The van der Waals surface area contributed by atoms with Crippen LogP contribution in [0.5, 0.6) is 5.75 Å². The Kier molecular flexibility index (Phi) is 6.90. The normalized spacial score (nSPS) is 10.6. The van der Waals surface area contributed by atoms with Crippen LogP contribution in [0.25, 0.3) is 11.4 Å². The summed E-state index contributed by atoms with van der Waals surface area (Å²) in [4.78, 5) is 12.4. The summed E-state index contributed by atoms with van der Waals surface area (Å²) in [5.74, 6) is 0.690. The van der Waals surface area contributed by atoms with Crippen LogP contribution in [0.3, 0.4) is 0 Å². The van der Waals surface area contributed by atoms with E-state index in [9.17, 15) is 9.18 Å². The average molecular weight is 433 g/mol. The van der Waals surface area contributed by atoms with Gasteiger partial charge in [0.25, 0.3) is 0 Å². The molecule has 0 radical (unpaired) electrons. The van der Waals surface area contributed by atoms with Gasteiger partial charge in [-0.15, -0.1) is 16.8 Å². The molecule has 29 heavy (non-hydrogen) atoms. The number of allylic oxidation sites excluding steroid dienone is 1. The number of amides is 1. The number of benzene rings is 2. The summed E-state index contributed by atoms with van der Waals surface area (Å²) >= 11 is 7.35. The van der Waals surface area contributed by atoms with Crippen LogP contribution in [0.1, 0.15) is 0 Å². The Hall–Kier alpha value is -2.84. The van der Waals surface area contributed by atoms with E-state index in [-0.39, 0.29) is 17.5 Å². The first-order valence-electron chi connectivity index (χ1n) is 8.58. The third-order valence-corrected chi connectivity index (χ3v) is 5.21. The van der Waals surface area contributed by atoms with Gasteiger partial charge in [0.15, 0.2) is 11.0 Å². The number of methoxy groups -OCH3 is 1. The molecule has 2 aromatic carbocycles. The minimum Gasteiger partial charge on any atom is -0.497 e. The Morgan fingerprint density at radius 1 is 1.31 bits per heavy atom. The fourth-order valence-corrected chi connectivity index (χ4v) is 3.46. The highest BCUT2D eigenvalue weighted by molar-refractivity contribution is 7.99. The van der Waals surface area contributed by atoms with E-state index in [0.717, 1.165) is 5.56 Å². The van der Waals surface area contributed by atoms with Crippen molar-refractivity contribution in [3.63, 3.8) is 0 Å². The van der Waals surface area contributed by atoms with E-state index >= 15 is 0 Å². The van der Waals surface area contributed by atoms with Crippen molar-refractivity contribution in [1.29, 1.82) is 0 Å². The maximum atomic E-state index is 13.2. The van der Waals surface area contributed by atoms with Gasteiger partial charge in [-0.2, -0.15) is 0 Å². The number of anilines is 1. The molecule has 6 nitrogen and oxygen atoms in total. The number of rotatable bonds is 8. The van der Waals surface area contributed by atoms with Crippen molar-refractivity contribution in [2.24, 2.45) is 0 Å². The molecular formula is C20H18ClFN4O2S. The Morgan fingerprint density at radius 3 is 2.76 bits per heavy atom. The summed E-state index contributed by atoms with van der Waals surface area (Å²) < 4.78 is 20.2. The fourth-order valence-electron chi connectivity index (χ4n) is 2.55. The van der Waals surface area contributed by atoms with Crippen molar-refractivity contribution in [1.82, 2.24) is 14.8 Å². The monoisotopic (exact) mass is 432 g/mol. The van der Waals surface area contributed by atoms with E-state index < -0.39 is 0 Å². The van der Waals surface area contributed by atoms with Crippen LogP contribution in [0.2, 0.25) is 5.02 Å². The lowest BCUT2D eigenvalue weighted by atomic mass is 10.2. The topological polar surface area (TPSA) is 69.0 Å². The number of nitrogens with zero attached hydrogens (tertiary/aromatic N) is 3. The van der Waals surface area contributed by atoms with Gasteiger partial charge in [0.05, 0.1) is 23.6 Å². The molecule has 0 spiro atoms. The van der Waals surface area contributed by atoms with Crippen molar-refractivity contribution >= 4 is 35.0 Å². The van der Waals surface area contributed by atoms with Gasteiger partial charge in [-0.3, -0.25) is 9.36 Å². The first kappa shape index (κ1) is 20.9. The fraction of sp³-hybridized carbons (Fsp3) is 0.150. The second-order valence-electron chi connectivity index (χ2n) is 5.89. The zero-order chi connectivity index (χ0) is 20.8. The molecule has 0 saturated carbocycles. The quantitative estimate of drug-likeness (QED) is 0.414. The number of carbonyl (C=O) groups is 1. The Labute approximate surface area is 176 Å². The summed E-state index contributed by atoms with van der Waals surface area (Å²) in [5.41, 5.74) is 1.19. The van der Waals surface area contributed by atoms with Gasteiger partial charge in [-0.05, 0) is 36.4 Å². The highest BCUT2D eigenvalue weighted by atomic mass is 35.5. The van der Waals surface area contributed by atoms with Crippen molar-refractivity contribution in [3.8, 4) is 17.1 Å². The van der Waals surface area contributed by atoms with E-state index in [1.807, 2.05) is 4.57 Å². The van der Waals surface area contributed by atoms with E-state index in [0.29, 0.717) is 34.0 Å². The summed E-state index contributed by atoms with van der Waals surface area (Å²) in [6, 6.07) is 11.0. The van der Waals surface area contributed by atoms with Gasteiger partial charge in [-0.25, -0.2) is 4.39 Å². The van der Waals surface area contributed by atoms with Gasteiger partial charge in [0, 0.05) is 18.2 Å². The predicted octanol–water partition coefficient (Wildman–Crippen LogP) is 4.66. The first-order chi connectivity index (χ1) is 14.0. The minimum atomic E-state index is -0.328. The number of ether oxygens (including phenoxy) is 1. The van der Waals surface area contributed by atoms with Crippen molar-refractivity contribution in [2.45, 2.75) is 11.7 Å². The Bertz CT molecular complexity index is 1020. The molecule has 3 rings (SSSR count). The first-order valence-corrected chi connectivity index (χ1v) is 9.94. The highest BCUT2D eigenvalue weighted by Gasteiger charge is 2.16. The smallest absolute Gasteiger partial charge is 0.234 e. The summed E-state index contributed by atoms with van der Waals surface area (Å²) in [6.07, 6.45) is 1.70. The predicted molar refractivity (Wildman–Crippen MR) is 113 cm³/mol. The second-order valence-corrected chi connectivity index (χ2v) is 7.24. The molecular weight excluding hydrogens is 415 g/mol.